The standard InChI is InChI=1S/C16H15N3/c17-9-12-8-14(18)5-6-16(12)19-10-13-7-11-3-1-2-4-15(11)13/h1-6,8,13,19H,7,10,18H2. The molecule has 0 aromatic heterocycles. The largest absolute Gasteiger partial charge is 0.399 e. The number of benzene rings is 2. The molecule has 2 aromatic rings. The predicted octanol–water partition coefficient (Wildman–Crippen LogP) is 2.89. The van der Waals surface area contributed by atoms with E-state index in [-0.39, 0.29) is 0 Å². The van der Waals surface area contributed by atoms with Gasteiger partial charge < -0.3 is 11.1 Å². The summed E-state index contributed by atoms with van der Waals surface area (Å²) >= 11 is 0. The first-order valence-electron chi connectivity index (χ1n) is 6.39. The highest BCUT2D eigenvalue weighted by Crippen LogP contribution is 2.35. The van der Waals surface area contributed by atoms with E-state index in [1.54, 1.807) is 6.07 Å². The van der Waals surface area contributed by atoms with Crippen molar-refractivity contribution in [3.05, 3.63) is 59.2 Å². The molecule has 3 N–H and O–H groups in total. The Hall–Kier alpha value is -2.47. The molecule has 0 saturated carbocycles. The zero-order valence-electron chi connectivity index (χ0n) is 10.6. The van der Waals surface area contributed by atoms with Gasteiger partial charge in [0.1, 0.15) is 6.07 Å². The zero-order valence-corrected chi connectivity index (χ0v) is 10.6. The molecular formula is C16H15N3. The molecule has 3 nitrogen and oxygen atoms in total. The maximum atomic E-state index is 9.09. The molecule has 0 amide bonds. The Kier molecular flexibility index (Phi) is 2.85. The topological polar surface area (TPSA) is 61.8 Å². The predicted molar refractivity (Wildman–Crippen MR) is 76.9 cm³/mol. The van der Waals surface area contributed by atoms with Crippen LogP contribution in [0.3, 0.4) is 0 Å². The van der Waals surface area contributed by atoms with E-state index in [4.69, 9.17) is 11.0 Å². The van der Waals surface area contributed by atoms with Crippen LogP contribution < -0.4 is 11.1 Å². The van der Waals surface area contributed by atoms with Crippen LogP contribution in [0.4, 0.5) is 11.4 Å². The maximum absolute atomic E-state index is 9.09. The second-order valence-electron chi connectivity index (χ2n) is 4.90. The van der Waals surface area contributed by atoms with Gasteiger partial charge in [-0.25, -0.2) is 0 Å². The summed E-state index contributed by atoms with van der Waals surface area (Å²) in [4.78, 5) is 0. The SMILES string of the molecule is N#Cc1cc(N)ccc1NCC1Cc2ccccc21. The number of fused-ring (bicyclic) bond motifs is 1. The van der Waals surface area contributed by atoms with Crippen LogP contribution in [0, 0.1) is 11.3 Å². The summed E-state index contributed by atoms with van der Waals surface area (Å²) in [6.07, 6.45) is 1.11. The van der Waals surface area contributed by atoms with E-state index in [1.165, 1.54) is 11.1 Å². The minimum absolute atomic E-state index is 0.542. The van der Waals surface area contributed by atoms with Gasteiger partial charge in [0, 0.05) is 18.2 Å². The second kappa shape index (κ2) is 4.66. The first-order chi connectivity index (χ1) is 9.28. The van der Waals surface area contributed by atoms with Gasteiger partial charge in [-0.2, -0.15) is 5.26 Å². The van der Waals surface area contributed by atoms with Gasteiger partial charge >= 0.3 is 0 Å². The molecule has 1 aliphatic carbocycles. The van der Waals surface area contributed by atoms with Crippen molar-refractivity contribution in [1.82, 2.24) is 0 Å². The van der Waals surface area contributed by atoms with Crippen LogP contribution in [0.15, 0.2) is 42.5 Å². The summed E-state index contributed by atoms with van der Waals surface area (Å²) in [6, 6.07) is 16.1. The lowest BCUT2D eigenvalue weighted by atomic mass is 9.77. The molecule has 2 aromatic carbocycles. The fourth-order valence-electron chi connectivity index (χ4n) is 2.59. The number of nitrogens with zero attached hydrogens (tertiary/aromatic N) is 1. The summed E-state index contributed by atoms with van der Waals surface area (Å²) in [5.41, 5.74) is 10.6. The Morgan fingerprint density at radius 3 is 2.89 bits per heavy atom. The van der Waals surface area contributed by atoms with E-state index < -0.39 is 0 Å². The number of nitrogen functional groups attached to an aromatic ring is 1. The molecule has 1 unspecified atom stereocenters. The number of nitrogens with two attached hydrogens (primary N) is 1. The van der Waals surface area contributed by atoms with Crippen LogP contribution in [0.2, 0.25) is 0 Å². The Morgan fingerprint density at radius 2 is 2.11 bits per heavy atom. The smallest absolute Gasteiger partial charge is 0.101 e. The van der Waals surface area contributed by atoms with Crippen molar-refractivity contribution in [2.75, 3.05) is 17.6 Å². The summed E-state index contributed by atoms with van der Waals surface area (Å²) in [5.74, 6) is 0.542. The van der Waals surface area contributed by atoms with Crippen LogP contribution in [0.1, 0.15) is 22.6 Å². The average molecular weight is 249 g/mol. The number of anilines is 2. The Bertz CT molecular complexity index is 655. The van der Waals surface area contributed by atoms with E-state index in [9.17, 15) is 0 Å². The number of rotatable bonds is 3. The van der Waals surface area contributed by atoms with Gasteiger partial charge in [-0.05, 0) is 35.7 Å². The van der Waals surface area contributed by atoms with E-state index in [0.717, 1.165) is 18.7 Å². The molecule has 0 saturated heterocycles. The first-order valence-corrected chi connectivity index (χ1v) is 6.39. The quantitative estimate of drug-likeness (QED) is 0.822. The van der Waals surface area contributed by atoms with Gasteiger partial charge in [0.15, 0.2) is 0 Å². The van der Waals surface area contributed by atoms with Crippen LogP contribution in [-0.4, -0.2) is 6.54 Å². The summed E-state index contributed by atoms with van der Waals surface area (Å²) < 4.78 is 0. The van der Waals surface area contributed by atoms with E-state index >= 15 is 0 Å². The minimum atomic E-state index is 0.542. The molecule has 0 bridgehead atoms. The number of nitrogens with one attached hydrogen (secondary N) is 1. The lowest BCUT2D eigenvalue weighted by Crippen LogP contribution is -2.24. The Balaban J connectivity index is 1.70. The van der Waals surface area contributed by atoms with Crippen molar-refractivity contribution >= 4 is 11.4 Å². The summed E-state index contributed by atoms with van der Waals surface area (Å²) in [7, 11) is 0. The number of hydrogen-bond acceptors (Lipinski definition) is 3. The van der Waals surface area contributed by atoms with Crippen molar-refractivity contribution in [1.29, 1.82) is 5.26 Å². The molecule has 0 spiro atoms. The molecule has 1 aliphatic rings. The zero-order chi connectivity index (χ0) is 13.2. The molecule has 94 valence electrons. The van der Waals surface area contributed by atoms with Gasteiger partial charge in [0.2, 0.25) is 0 Å². The fourth-order valence-corrected chi connectivity index (χ4v) is 2.59. The van der Waals surface area contributed by atoms with E-state index in [2.05, 4.69) is 35.7 Å². The third-order valence-electron chi connectivity index (χ3n) is 3.66. The second-order valence-corrected chi connectivity index (χ2v) is 4.90. The van der Waals surface area contributed by atoms with Crippen LogP contribution in [0.5, 0.6) is 0 Å². The van der Waals surface area contributed by atoms with Crippen molar-refractivity contribution in [2.24, 2.45) is 0 Å². The highest BCUT2D eigenvalue weighted by Gasteiger charge is 2.24. The van der Waals surface area contributed by atoms with Gasteiger partial charge in [-0.1, -0.05) is 24.3 Å². The lowest BCUT2D eigenvalue weighted by molar-refractivity contribution is 0.636. The third-order valence-corrected chi connectivity index (χ3v) is 3.66. The average Bonchev–Trinajstić information content (AvgIpc) is 2.41. The molecule has 19 heavy (non-hydrogen) atoms. The van der Waals surface area contributed by atoms with Gasteiger partial charge in [-0.15, -0.1) is 0 Å². The van der Waals surface area contributed by atoms with Crippen LogP contribution in [0.25, 0.3) is 0 Å². The molecule has 0 aliphatic heterocycles. The minimum Gasteiger partial charge on any atom is -0.399 e. The van der Waals surface area contributed by atoms with Crippen LogP contribution >= 0.6 is 0 Å². The highest BCUT2D eigenvalue weighted by atomic mass is 14.9. The van der Waals surface area contributed by atoms with E-state index in [0.29, 0.717) is 17.2 Å². The summed E-state index contributed by atoms with van der Waals surface area (Å²) in [5, 5.41) is 12.4. The van der Waals surface area contributed by atoms with Crippen molar-refractivity contribution < 1.29 is 0 Å². The molecule has 3 heteroatoms. The normalized spacial score (nSPS) is 16.1. The summed E-state index contributed by atoms with van der Waals surface area (Å²) in [6.45, 7) is 0.857. The molecule has 0 fully saturated rings. The van der Waals surface area contributed by atoms with Gasteiger partial charge in [0.25, 0.3) is 0 Å². The molecule has 1 atom stereocenters. The van der Waals surface area contributed by atoms with Gasteiger partial charge in [-0.3, -0.25) is 0 Å². The monoisotopic (exact) mass is 249 g/mol. The third kappa shape index (κ3) is 2.13. The van der Waals surface area contributed by atoms with E-state index in [1.807, 2.05) is 12.1 Å². The Labute approximate surface area is 112 Å². The molecule has 3 rings (SSSR count). The number of hydrogen-bond donors (Lipinski definition) is 2. The molecule has 0 heterocycles. The number of nitriles is 1. The van der Waals surface area contributed by atoms with Crippen molar-refractivity contribution in [3.8, 4) is 6.07 Å². The maximum Gasteiger partial charge on any atom is 0.101 e. The van der Waals surface area contributed by atoms with Crippen molar-refractivity contribution in [2.45, 2.75) is 12.3 Å². The first kappa shape index (κ1) is 11.6. The van der Waals surface area contributed by atoms with Crippen LogP contribution in [-0.2, 0) is 6.42 Å². The molecule has 0 radical (unpaired) electrons. The lowest BCUT2D eigenvalue weighted by Gasteiger charge is -2.30. The van der Waals surface area contributed by atoms with Crippen molar-refractivity contribution in [3.63, 3.8) is 0 Å². The molecular weight excluding hydrogens is 234 g/mol. The fraction of sp³-hybridized carbons (Fsp3) is 0.188. The highest BCUT2D eigenvalue weighted by molar-refractivity contribution is 5.63. The Morgan fingerprint density at radius 1 is 1.26 bits per heavy atom. The van der Waals surface area contributed by atoms with Gasteiger partial charge in [0.05, 0.1) is 11.3 Å².